The van der Waals surface area contributed by atoms with Crippen LogP contribution in [-0.2, 0) is 16.0 Å². The van der Waals surface area contributed by atoms with Crippen molar-refractivity contribution >= 4 is 5.78 Å². The molecule has 0 aliphatic carbocycles. The van der Waals surface area contributed by atoms with Crippen molar-refractivity contribution in [1.29, 1.82) is 0 Å². The van der Waals surface area contributed by atoms with E-state index in [4.69, 9.17) is 4.74 Å². The number of ketones is 1. The van der Waals surface area contributed by atoms with E-state index >= 15 is 0 Å². The highest BCUT2D eigenvalue weighted by Gasteiger charge is 2.09. The van der Waals surface area contributed by atoms with Crippen molar-refractivity contribution in [3.05, 3.63) is 35.9 Å². The highest BCUT2D eigenvalue weighted by Crippen LogP contribution is 2.14. The van der Waals surface area contributed by atoms with Gasteiger partial charge in [0.25, 0.3) is 0 Å². The minimum Gasteiger partial charge on any atom is -0.381 e. The van der Waals surface area contributed by atoms with Gasteiger partial charge in [0.05, 0.1) is 6.10 Å². The Morgan fingerprint density at radius 2 is 1.73 bits per heavy atom. The van der Waals surface area contributed by atoms with E-state index in [0.717, 1.165) is 44.9 Å². The molecule has 0 amide bonds. The lowest BCUT2D eigenvalue weighted by molar-refractivity contribution is -0.119. The predicted molar refractivity (Wildman–Crippen MR) is 93.2 cm³/mol. The average molecular weight is 304 g/mol. The Hall–Kier alpha value is -1.15. The summed E-state index contributed by atoms with van der Waals surface area (Å²) in [5.74, 6) is 0.425. The number of hydrogen-bond donors (Lipinski definition) is 0. The molecule has 124 valence electrons. The number of unbranched alkanes of at least 4 members (excludes halogenated alkanes) is 3. The minimum atomic E-state index is 0.271. The van der Waals surface area contributed by atoms with Gasteiger partial charge >= 0.3 is 0 Å². The molecule has 1 aromatic rings. The van der Waals surface area contributed by atoms with Gasteiger partial charge in [0.2, 0.25) is 0 Å². The molecule has 1 aromatic carbocycles. The predicted octanol–water partition coefficient (Wildman–Crippen LogP) is 5.34. The summed E-state index contributed by atoms with van der Waals surface area (Å²) in [4.78, 5) is 11.8. The first-order valence-corrected chi connectivity index (χ1v) is 8.84. The van der Waals surface area contributed by atoms with E-state index in [1.807, 2.05) is 6.07 Å². The maximum atomic E-state index is 11.8. The third-order valence-electron chi connectivity index (χ3n) is 4.22. The summed E-state index contributed by atoms with van der Waals surface area (Å²) in [5, 5.41) is 0. The first-order valence-electron chi connectivity index (χ1n) is 8.84. The molecule has 0 aliphatic rings. The average Bonchev–Trinajstić information content (AvgIpc) is 2.55. The van der Waals surface area contributed by atoms with E-state index in [2.05, 4.69) is 31.2 Å². The number of methoxy groups -OCH3 is 1. The van der Waals surface area contributed by atoms with Crippen molar-refractivity contribution in [3.8, 4) is 0 Å². The molecule has 2 nitrogen and oxygen atoms in total. The number of ether oxygens (including phenoxy) is 1. The first-order chi connectivity index (χ1) is 10.8. The van der Waals surface area contributed by atoms with Gasteiger partial charge in [-0.05, 0) is 37.7 Å². The fourth-order valence-corrected chi connectivity index (χ4v) is 2.75. The van der Waals surface area contributed by atoms with Gasteiger partial charge in [-0.25, -0.2) is 0 Å². The van der Waals surface area contributed by atoms with Crippen LogP contribution in [0.25, 0.3) is 0 Å². The number of aryl methyl sites for hydroxylation is 1. The van der Waals surface area contributed by atoms with Gasteiger partial charge in [-0.15, -0.1) is 0 Å². The highest BCUT2D eigenvalue weighted by atomic mass is 16.5. The second-order valence-corrected chi connectivity index (χ2v) is 6.12. The van der Waals surface area contributed by atoms with E-state index in [-0.39, 0.29) is 6.10 Å². The molecule has 0 aliphatic heterocycles. The highest BCUT2D eigenvalue weighted by molar-refractivity contribution is 5.78. The summed E-state index contributed by atoms with van der Waals surface area (Å²) < 4.78 is 5.56. The molecule has 22 heavy (non-hydrogen) atoms. The van der Waals surface area contributed by atoms with Crippen LogP contribution in [0.3, 0.4) is 0 Å². The third kappa shape index (κ3) is 8.99. The van der Waals surface area contributed by atoms with E-state index in [9.17, 15) is 4.79 Å². The Balaban J connectivity index is 2.11. The molecule has 1 unspecified atom stereocenters. The van der Waals surface area contributed by atoms with Crippen molar-refractivity contribution in [3.63, 3.8) is 0 Å². The van der Waals surface area contributed by atoms with Crippen LogP contribution < -0.4 is 0 Å². The number of rotatable bonds is 13. The SMILES string of the molecule is CCCCCCC(=O)CCCC(CCc1ccccc1)OC. The van der Waals surface area contributed by atoms with Gasteiger partial charge in [-0.1, -0.05) is 56.5 Å². The fourth-order valence-electron chi connectivity index (χ4n) is 2.75. The van der Waals surface area contributed by atoms with Crippen molar-refractivity contribution < 1.29 is 9.53 Å². The zero-order valence-corrected chi connectivity index (χ0v) is 14.4. The molecule has 0 aromatic heterocycles. The van der Waals surface area contributed by atoms with Crippen LogP contribution in [0.4, 0.5) is 0 Å². The second kappa shape index (κ2) is 12.4. The summed E-state index contributed by atoms with van der Waals surface area (Å²) >= 11 is 0. The number of carbonyl (C=O) groups is 1. The van der Waals surface area contributed by atoms with Crippen LogP contribution in [0.1, 0.15) is 70.3 Å². The fraction of sp³-hybridized carbons (Fsp3) is 0.650. The number of hydrogen-bond acceptors (Lipinski definition) is 2. The molecule has 0 fully saturated rings. The Morgan fingerprint density at radius 1 is 1.00 bits per heavy atom. The topological polar surface area (TPSA) is 26.3 Å². The van der Waals surface area contributed by atoms with Crippen molar-refractivity contribution in [2.45, 2.75) is 77.2 Å². The zero-order valence-electron chi connectivity index (χ0n) is 14.4. The number of benzene rings is 1. The number of Topliss-reactive ketones (excluding diaryl/α,β-unsaturated/α-hetero) is 1. The summed E-state index contributed by atoms with van der Waals surface area (Å²) in [6, 6.07) is 10.5. The normalized spacial score (nSPS) is 12.3. The Bertz CT molecular complexity index is 386. The molecule has 0 spiro atoms. The molecule has 0 bridgehead atoms. The smallest absolute Gasteiger partial charge is 0.132 e. The van der Waals surface area contributed by atoms with Gasteiger partial charge in [-0.3, -0.25) is 4.79 Å². The lowest BCUT2D eigenvalue weighted by Crippen LogP contribution is -2.12. The molecule has 1 atom stereocenters. The lowest BCUT2D eigenvalue weighted by atomic mass is 10.0. The van der Waals surface area contributed by atoms with Gasteiger partial charge in [0.15, 0.2) is 0 Å². The molecule has 0 N–H and O–H groups in total. The monoisotopic (exact) mass is 304 g/mol. The van der Waals surface area contributed by atoms with Gasteiger partial charge in [0, 0.05) is 20.0 Å². The van der Waals surface area contributed by atoms with Crippen LogP contribution in [0.15, 0.2) is 30.3 Å². The minimum absolute atomic E-state index is 0.271. The molecule has 0 heterocycles. The van der Waals surface area contributed by atoms with E-state index < -0.39 is 0 Å². The molecule has 0 saturated carbocycles. The van der Waals surface area contributed by atoms with Gasteiger partial charge in [0.1, 0.15) is 5.78 Å². The van der Waals surface area contributed by atoms with Crippen molar-refractivity contribution in [2.24, 2.45) is 0 Å². The summed E-state index contributed by atoms with van der Waals surface area (Å²) in [6.45, 7) is 2.20. The zero-order chi connectivity index (χ0) is 16.0. The lowest BCUT2D eigenvalue weighted by Gasteiger charge is -2.15. The molecule has 2 heteroatoms. The Morgan fingerprint density at radius 3 is 2.41 bits per heavy atom. The van der Waals surface area contributed by atoms with Crippen LogP contribution in [0, 0.1) is 0 Å². The summed E-state index contributed by atoms with van der Waals surface area (Å²) in [7, 11) is 1.78. The maximum absolute atomic E-state index is 11.8. The van der Waals surface area contributed by atoms with E-state index in [1.165, 1.54) is 24.8 Å². The van der Waals surface area contributed by atoms with Crippen molar-refractivity contribution in [1.82, 2.24) is 0 Å². The van der Waals surface area contributed by atoms with Gasteiger partial charge in [-0.2, -0.15) is 0 Å². The summed E-state index contributed by atoms with van der Waals surface area (Å²) in [6.07, 6.45) is 10.5. The van der Waals surface area contributed by atoms with E-state index in [1.54, 1.807) is 7.11 Å². The Labute approximate surface area is 136 Å². The third-order valence-corrected chi connectivity index (χ3v) is 4.22. The maximum Gasteiger partial charge on any atom is 0.132 e. The van der Waals surface area contributed by atoms with Crippen molar-refractivity contribution in [2.75, 3.05) is 7.11 Å². The number of carbonyl (C=O) groups excluding carboxylic acids is 1. The second-order valence-electron chi connectivity index (χ2n) is 6.12. The Kier molecular flexibility index (Phi) is 10.7. The van der Waals surface area contributed by atoms with Crippen LogP contribution >= 0.6 is 0 Å². The molecule has 0 radical (unpaired) electrons. The standard InChI is InChI=1S/C20H32O2/c1-3-4-5-9-13-19(21)14-10-15-20(22-2)17-16-18-11-7-6-8-12-18/h6-8,11-12,20H,3-5,9-10,13-17H2,1-2H3. The quantitative estimate of drug-likeness (QED) is 0.459. The molecule has 0 saturated heterocycles. The first kappa shape index (κ1) is 18.9. The van der Waals surface area contributed by atoms with Crippen LogP contribution in [0.5, 0.6) is 0 Å². The summed E-state index contributed by atoms with van der Waals surface area (Å²) in [5.41, 5.74) is 1.36. The molecular weight excluding hydrogens is 272 g/mol. The molecule has 1 rings (SSSR count). The molecular formula is C20H32O2. The van der Waals surface area contributed by atoms with Gasteiger partial charge < -0.3 is 4.74 Å². The van der Waals surface area contributed by atoms with Crippen LogP contribution in [0.2, 0.25) is 0 Å². The largest absolute Gasteiger partial charge is 0.381 e. The van der Waals surface area contributed by atoms with E-state index in [0.29, 0.717) is 5.78 Å². The van der Waals surface area contributed by atoms with Crippen LogP contribution in [-0.4, -0.2) is 19.0 Å².